The first-order valence-corrected chi connectivity index (χ1v) is 6.94. The Morgan fingerprint density at radius 3 is 2.21 bits per heavy atom. The lowest BCUT2D eigenvalue weighted by Gasteiger charge is -2.35. The van der Waals surface area contributed by atoms with Crippen molar-refractivity contribution in [2.24, 2.45) is 11.7 Å². The molecule has 1 heterocycles. The van der Waals surface area contributed by atoms with Gasteiger partial charge in [-0.15, -0.1) is 0 Å². The second-order valence-corrected chi connectivity index (χ2v) is 5.58. The molecule has 2 amide bonds. The maximum Gasteiger partial charge on any atom is 0.314 e. The number of hydrogen-bond acceptors (Lipinski definition) is 2. The maximum absolute atomic E-state index is 11.1. The lowest BCUT2D eigenvalue weighted by molar-refractivity contribution is 0.204. The summed E-state index contributed by atoms with van der Waals surface area (Å²) in [4.78, 5) is 15.1. The number of hydrogen-bond donors (Lipinski definition) is 1. The molecule has 0 aromatic heterocycles. The van der Waals surface area contributed by atoms with E-state index in [4.69, 9.17) is 5.73 Å². The summed E-state index contributed by atoms with van der Waals surface area (Å²) in [6.45, 7) is 7.60. The second kappa shape index (κ2) is 5.95. The quantitative estimate of drug-likeness (QED) is 0.905. The number of carbonyl (C=O) groups is 1. The summed E-state index contributed by atoms with van der Waals surface area (Å²) in [6.07, 6.45) is 1.12. The summed E-state index contributed by atoms with van der Waals surface area (Å²) in [5, 5.41) is 0. The molecule has 1 aliphatic heterocycles. The summed E-state index contributed by atoms with van der Waals surface area (Å²) < 4.78 is 0. The molecule has 1 aliphatic rings. The second-order valence-electron chi connectivity index (χ2n) is 5.58. The van der Waals surface area contributed by atoms with Gasteiger partial charge in [-0.25, -0.2) is 4.79 Å². The van der Waals surface area contributed by atoms with E-state index in [1.54, 1.807) is 4.90 Å². The number of benzene rings is 1. The van der Waals surface area contributed by atoms with Crippen LogP contribution < -0.4 is 10.6 Å². The number of nitrogens with two attached hydrogens (primary N) is 1. The summed E-state index contributed by atoms with van der Waals surface area (Å²) >= 11 is 0. The van der Waals surface area contributed by atoms with Crippen molar-refractivity contribution in [3.8, 4) is 0 Å². The van der Waals surface area contributed by atoms with Gasteiger partial charge in [-0.2, -0.15) is 0 Å². The largest absolute Gasteiger partial charge is 0.368 e. The van der Waals surface area contributed by atoms with Crippen LogP contribution in [0.15, 0.2) is 24.3 Å². The highest BCUT2D eigenvalue weighted by atomic mass is 16.2. The molecule has 0 unspecified atom stereocenters. The Bertz CT molecular complexity index is 420. The molecule has 1 aromatic carbocycles. The van der Waals surface area contributed by atoms with E-state index in [0.717, 1.165) is 19.5 Å². The highest BCUT2D eigenvalue weighted by molar-refractivity contribution is 5.72. The number of amides is 2. The standard InChI is InChI=1S/C15H23N3O/c1-12(2)11-13-3-5-14(6-4-13)17-7-9-18(10-8-17)15(16)19/h3-6,12H,7-11H2,1-2H3,(H2,16,19). The number of urea groups is 1. The third-order valence-corrected chi connectivity index (χ3v) is 3.54. The number of carbonyl (C=O) groups excluding carboxylic acids is 1. The van der Waals surface area contributed by atoms with Crippen molar-refractivity contribution in [1.82, 2.24) is 4.90 Å². The van der Waals surface area contributed by atoms with Crippen molar-refractivity contribution in [2.45, 2.75) is 20.3 Å². The van der Waals surface area contributed by atoms with Gasteiger partial charge in [0.15, 0.2) is 0 Å². The summed E-state index contributed by atoms with van der Waals surface area (Å²) in [5.41, 5.74) is 7.90. The van der Waals surface area contributed by atoms with Gasteiger partial charge in [0.25, 0.3) is 0 Å². The number of primary amides is 1. The maximum atomic E-state index is 11.1. The average Bonchev–Trinajstić information content (AvgIpc) is 2.39. The van der Waals surface area contributed by atoms with Gasteiger partial charge >= 0.3 is 6.03 Å². The fourth-order valence-electron chi connectivity index (χ4n) is 2.50. The zero-order valence-electron chi connectivity index (χ0n) is 11.8. The van der Waals surface area contributed by atoms with Crippen molar-refractivity contribution in [2.75, 3.05) is 31.1 Å². The highest BCUT2D eigenvalue weighted by Gasteiger charge is 2.19. The molecule has 1 saturated heterocycles. The fourth-order valence-corrected chi connectivity index (χ4v) is 2.50. The van der Waals surface area contributed by atoms with Gasteiger partial charge in [-0.1, -0.05) is 26.0 Å². The molecular formula is C15H23N3O. The van der Waals surface area contributed by atoms with Crippen LogP contribution in [-0.2, 0) is 6.42 Å². The van der Waals surface area contributed by atoms with Crippen LogP contribution in [0.3, 0.4) is 0 Å². The van der Waals surface area contributed by atoms with E-state index in [1.165, 1.54) is 11.3 Å². The number of nitrogens with zero attached hydrogens (tertiary/aromatic N) is 2. The lowest BCUT2D eigenvalue weighted by atomic mass is 10.0. The van der Waals surface area contributed by atoms with Crippen LogP contribution >= 0.6 is 0 Å². The van der Waals surface area contributed by atoms with Gasteiger partial charge in [-0.3, -0.25) is 0 Å². The van der Waals surface area contributed by atoms with Crippen LogP contribution in [0.1, 0.15) is 19.4 Å². The van der Waals surface area contributed by atoms with Gasteiger partial charge < -0.3 is 15.5 Å². The zero-order valence-corrected chi connectivity index (χ0v) is 11.8. The van der Waals surface area contributed by atoms with Crippen molar-refractivity contribution in [3.05, 3.63) is 29.8 Å². The van der Waals surface area contributed by atoms with E-state index in [-0.39, 0.29) is 6.03 Å². The molecule has 4 heteroatoms. The Morgan fingerprint density at radius 2 is 1.74 bits per heavy atom. The summed E-state index contributed by atoms with van der Waals surface area (Å²) in [7, 11) is 0. The predicted octanol–water partition coefficient (Wildman–Crippen LogP) is 2.09. The number of piperazine rings is 1. The van der Waals surface area contributed by atoms with E-state index >= 15 is 0 Å². The van der Waals surface area contributed by atoms with E-state index in [2.05, 4.69) is 43.0 Å². The molecule has 0 bridgehead atoms. The van der Waals surface area contributed by atoms with Crippen molar-refractivity contribution in [1.29, 1.82) is 0 Å². The molecule has 1 fully saturated rings. The molecule has 0 spiro atoms. The molecule has 0 radical (unpaired) electrons. The Hall–Kier alpha value is -1.71. The first-order valence-electron chi connectivity index (χ1n) is 6.94. The van der Waals surface area contributed by atoms with Crippen LogP contribution in [0.5, 0.6) is 0 Å². The van der Waals surface area contributed by atoms with Gasteiger partial charge in [-0.05, 0) is 30.0 Å². The Labute approximate surface area is 115 Å². The third kappa shape index (κ3) is 3.63. The number of anilines is 1. The van der Waals surface area contributed by atoms with Crippen molar-refractivity contribution >= 4 is 11.7 Å². The monoisotopic (exact) mass is 261 g/mol. The first kappa shape index (κ1) is 13.7. The average molecular weight is 261 g/mol. The smallest absolute Gasteiger partial charge is 0.314 e. The van der Waals surface area contributed by atoms with Crippen molar-refractivity contribution < 1.29 is 4.79 Å². The summed E-state index contributed by atoms with van der Waals surface area (Å²) in [5.74, 6) is 0.685. The van der Waals surface area contributed by atoms with Crippen LogP contribution in [0.4, 0.5) is 10.5 Å². The van der Waals surface area contributed by atoms with Crippen LogP contribution in [0.25, 0.3) is 0 Å². The minimum atomic E-state index is -0.313. The highest BCUT2D eigenvalue weighted by Crippen LogP contribution is 2.18. The zero-order chi connectivity index (χ0) is 13.8. The minimum absolute atomic E-state index is 0.313. The number of rotatable bonds is 3. The van der Waals surface area contributed by atoms with Gasteiger partial charge in [0.05, 0.1) is 0 Å². The molecule has 0 saturated carbocycles. The summed E-state index contributed by atoms with van der Waals surface area (Å²) in [6, 6.07) is 8.45. The van der Waals surface area contributed by atoms with Crippen LogP contribution in [0.2, 0.25) is 0 Å². The molecule has 0 atom stereocenters. The Balaban J connectivity index is 1.94. The van der Waals surface area contributed by atoms with Gasteiger partial charge in [0.2, 0.25) is 0 Å². The van der Waals surface area contributed by atoms with E-state index < -0.39 is 0 Å². The topological polar surface area (TPSA) is 49.6 Å². The van der Waals surface area contributed by atoms with Crippen LogP contribution in [0, 0.1) is 5.92 Å². The van der Waals surface area contributed by atoms with Gasteiger partial charge in [0.1, 0.15) is 0 Å². The lowest BCUT2D eigenvalue weighted by Crippen LogP contribution is -2.50. The van der Waals surface area contributed by atoms with Crippen LogP contribution in [-0.4, -0.2) is 37.1 Å². The first-order chi connectivity index (χ1) is 9.06. The van der Waals surface area contributed by atoms with Gasteiger partial charge in [0, 0.05) is 31.9 Å². The molecule has 19 heavy (non-hydrogen) atoms. The van der Waals surface area contributed by atoms with Crippen molar-refractivity contribution in [3.63, 3.8) is 0 Å². The van der Waals surface area contributed by atoms with E-state index in [1.807, 2.05) is 0 Å². The Morgan fingerprint density at radius 1 is 1.16 bits per heavy atom. The molecule has 0 aliphatic carbocycles. The van der Waals surface area contributed by atoms with E-state index in [9.17, 15) is 4.79 Å². The molecule has 4 nitrogen and oxygen atoms in total. The molecular weight excluding hydrogens is 238 g/mol. The molecule has 104 valence electrons. The minimum Gasteiger partial charge on any atom is -0.368 e. The normalized spacial score (nSPS) is 15.9. The molecule has 1 aromatic rings. The fraction of sp³-hybridized carbons (Fsp3) is 0.533. The predicted molar refractivity (Wildman–Crippen MR) is 78.4 cm³/mol. The molecule has 2 N–H and O–H groups in total. The SMILES string of the molecule is CC(C)Cc1ccc(N2CCN(C(N)=O)CC2)cc1. The van der Waals surface area contributed by atoms with E-state index in [0.29, 0.717) is 19.0 Å². The molecule has 2 rings (SSSR count). The third-order valence-electron chi connectivity index (χ3n) is 3.54. The Kier molecular flexibility index (Phi) is 4.30.